The summed E-state index contributed by atoms with van der Waals surface area (Å²) in [5, 5.41) is 3.07. The number of nitrogens with zero attached hydrogens (tertiary/aromatic N) is 1. The molecule has 6 bridgehead atoms. The van der Waals surface area contributed by atoms with E-state index in [1.54, 1.807) is 18.2 Å². The third kappa shape index (κ3) is 3.05. The minimum absolute atomic E-state index is 0.105. The standard InChI is InChI=1S/C22H17NO4S/c24-28(25)12-4-11-26-16-9-10-19-20(14-16)18-7-1-2-8-21(18)23-22(19)15-5-3-6-17(13-15)27-28/h1-3,5-10,13-14H,4,11-12H2. The van der Waals surface area contributed by atoms with E-state index in [4.69, 9.17) is 13.9 Å². The van der Waals surface area contributed by atoms with Crippen LogP contribution in [0.2, 0.25) is 0 Å². The van der Waals surface area contributed by atoms with Crippen LogP contribution in [-0.4, -0.2) is 25.8 Å². The van der Waals surface area contributed by atoms with Crippen LogP contribution in [0.15, 0.2) is 66.7 Å². The highest BCUT2D eigenvalue weighted by molar-refractivity contribution is 7.87. The number of benzene rings is 3. The van der Waals surface area contributed by atoms with Crippen molar-refractivity contribution in [3.8, 4) is 22.8 Å². The topological polar surface area (TPSA) is 65.5 Å². The first-order chi connectivity index (χ1) is 13.6. The van der Waals surface area contributed by atoms with Crippen molar-refractivity contribution in [3.05, 3.63) is 66.7 Å². The maximum atomic E-state index is 12.2. The maximum Gasteiger partial charge on any atom is 0.309 e. The van der Waals surface area contributed by atoms with E-state index in [1.165, 1.54) is 0 Å². The van der Waals surface area contributed by atoms with Crippen molar-refractivity contribution in [1.29, 1.82) is 0 Å². The summed E-state index contributed by atoms with van der Waals surface area (Å²) in [5.74, 6) is 0.889. The summed E-state index contributed by atoms with van der Waals surface area (Å²) in [6, 6.07) is 21.0. The highest BCUT2D eigenvalue weighted by Gasteiger charge is 2.16. The Morgan fingerprint density at radius 1 is 0.821 bits per heavy atom. The Morgan fingerprint density at radius 3 is 2.64 bits per heavy atom. The van der Waals surface area contributed by atoms with Crippen molar-refractivity contribution in [1.82, 2.24) is 4.98 Å². The molecular weight excluding hydrogens is 374 g/mol. The monoisotopic (exact) mass is 391 g/mol. The number of rotatable bonds is 0. The molecule has 28 heavy (non-hydrogen) atoms. The van der Waals surface area contributed by atoms with Crippen molar-refractivity contribution in [2.45, 2.75) is 6.42 Å². The molecule has 3 heterocycles. The molecule has 2 aliphatic rings. The van der Waals surface area contributed by atoms with E-state index in [1.807, 2.05) is 48.5 Å². The summed E-state index contributed by atoms with van der Waals surface area (Å²) in [7, 11) is -3.68. The van der Waals surface area contributed by atoms with Gasteiger partial charge >= 0.3 is 10.1 Å². The molecule has 0 saturated heterocycles. The minimum Gasteiger partial charge on any atom is -0.494 e. The van der Waals surface area contributed by atoms with Gasteiger partial charge in [0.2, 0.25) is 0 Å². The fraction of sp³-hybridized carbons (Fsp3) is 0.136. The van der Waals surface area contributed by atoms with Gasteiger partial charge in [-0.25, -0.2) is 4.98 Å². The summed E-state index contributed by atoms with van der Waals surface area (Å²) in [4.78, 5) is 4.86. The molecule has 6 heteroatoms. The van der Waals surface area contributed by atoms with Crippen molar-refractivity contribution in [2.24, 2.45) is 0 Å². The third-order valence-corrected chi connectivity index (χ3v) is 6.05. The van der Waals surface area contributed by atoms with Gasteiger partial charge in [-0.05, 0) is 48.2 Å². The van der Waals surface area contributed by atoms with Gasteiger partial charge in [0.15, 0.2) is 0 Å². The number of para-hydroxylation sites is 1. The van der Waals surface area contributed by atoms with Gasteiger partial charge in [-0.3, -0.25) is 0 Å². The molecule has 0 fully saturated rings. The van der Waals surface area contributed by atoms with Crippen molar-refractivity contribution in [3.63, 3.8) is 0 Å². The molecule has 140 valence electrons. The molecule has 0 saturated carbocycles. The lowest BCUT2D eigenvalue weighted by Gasteiger charge is -2.14. The van der Waals surface area contributed by atoms with E-state index in [-0.39, 0.29) is 11.5 Å². The predicted octanol–water partition coefficient (Wildman–Crippen LogP) is 4.55. The van der Waals surface area contributed by atoms with Gasteiger partial charge in [0.05, 0.1) is 23.6 Å². The molecule has 5 nitrogen and oxygen atoms in total. The molecule has 0 N–H and O–H groups in total. The number of ether oxygens (including phenoxy) is 1. The average molecular weight is 391 g/mol. The van der Waals surface area contributed by atoms with Gasteiger partial charge < -0.3 is 8.92 Å². The lowest BCUT2D eigenvalue weighted by molar-refractivity contribution is 0.316. The van der Waals surface area contributed by atoms with Crippen LogP contribution < -0.4 is 8.92 Å². The Kier molecular flexibility index (Phi) is 3.94. The SMILES string of the molecule is O=S1(=O)CCCOc2ccc3c(nc4ccccc4c3c2)-c2cccc(c2)O1. The van der Waals surface area contributed by atoms with Gasteiger partial charge in [0.1, 0.15) is 11.5 Å². The van der Waals surface area contributed by atoms with Crippen molar-refractivity contribution < 1.29 is 17.3 Å². The zero-order valence-electron chi connectivity index (χ0n) is 15.0. The average Bonchev–Trinajstić information content (AvgIpc) is 2.70. The largest absolute Gasteiger partial charge is 0.494 e. The fourth-order valence-corrected chi connectivity index (χ4v) is 4.50. The molecule has 0 atom stereocenters. The summed E-state index contributed by atoms with van der Waals surface area (Å²) in [5.41, 5.74) is 2.45. The highest BCUT2D eigenvalue weighted by atomic mass is 32.2. The van der Waals surface area contributed by atoms with E-state index in [9.17, 15) is 8.42 Å². The molecule has 3 aromatic carbocycles. The van der Waals surface area contributed by atoms with Gasteiger partial charge in [0.25, 0.3) is 0 Å². The summed E-state index contributed by atoms with van der Waals surface area (Å²) in [6.45, 7) is 0.296. The van der Waals surface area contributed by atoms with E-state index in [0.29, 0.717) is 18.8 Å². The minimum atomic E-state index is -3.68. The molecule has 0 unspecified atom stereocenters. The zero-order chi connectivity index (χ0) is 19.1. The number of hydrogen-bond donors (Lipinski definition) is 0. The maximum absolute atomic E-state index is 12.2. The van der Waals surface area contributed by atoms with Gasteiger partial charge in [-0.15, -0.1) is 0 Å². The zero-order valence-corrected chi connectivity index (χ0v) is 15.8. The predicted molar refractivity (Wildman–Crippen MR) is 109 cm³/mol. The summed E-state index contributed by atoms with van der Waals surface area (Å²) in [6.07, 6.45) is 0.350. The Labute approximate surface area is 162 Å². The van der Waals surface area contributed by atoms with Crippen molar-refractivity contribution >= 4 is 31.8 Å². The molecule has 0 radical (unpaired) electrons. The van der Waals surface area contributed by atoms with Crippen LogP contribution in [0, 0.1) is 0 Å². The number of aromatic nitrogens is 1. The van der Waals surface area contributed by atoms with Crippen LogP contribution in [0.4, 0.5) is 0 Å². The Bertz CT molecular complexity index is 1310. The van der Waals surface area contributed by atoms with Gasteiger partial charge in [0, 0.05) is 16.3 Å². The van der Waals surface area contributed by atoms with Crippen LogP contribution in [0.3, 0.4) is 0 Å². The number of pyridine rings is 1. The quantitative estimate of drug-likeness (QED) is 0.325. The molecule has 0 aliphatic carbocycles. The molecule has 4 aromatic rings. The normalized spacial score (nSPS) is 15.9. The fourth-order valence-electron chi connectivity index (χ4n) is 3.55. The Hall–Kier alpha value is -3.12. The second kappa shape index (κ2) is 6.49. The van der Waals surface area contributed by atoms with E-state index >= 15 is 0 Å². The summed E-state index contributed by atoms with van der Waals surface area (Å²) >= 11 is 0. The molecular formula is C22H17NO4S. The smallest absolute Gasteiger partial charge is 0.309 e. The molecule has 6 rings (SSSR count). The van der Waals surface area contributed by atoms with Crippen molar-refractivity contribution in [2.75, 3.05) is 12.4 Å². The lowest BCUT2D eigenvalue weighted by Crippen LogP contribution is -2.16. The third-order valence-electron chi connectivity index (χ3n) is 4.81. The van der Waals surface area contributed by atoms with E-state index < -0.39 is 10.1 Å². The highest BCUT2D eigenvalue weighted by Crippen LogP contribution is 2.35. The van der Waals surface area contributed by atoms with Gasteiger partial charge in [-0.2, -0.15) is 8.42 Å². The number of hydrogen-bond acceptors (Lipinski definition) is 5. The molecule has 0 amide bonds. The van der Waals surface area contributed by atoms with Crippen LogP contribution in [-0.2, 0) is 10.1 Å². The van der Waals surface area contributed by atoms with Crippen LogP contribution >= 0.6 is 0 Å². The second-order valence-electron chi connectivity index (χ2n) is 6.76. The van der Waals surface area contributed by atoms with Crippen LogP contribution in [0.5, 0.6) is 11.5 Å². The number of fused-ring (bicyclic) bond motifs is 7. The van der Waals surface area contributed by atoms with Crippen LogP contribution in [0.25, 0.3) is 32.9 Å². The second-order valence-corrected chi connectivity index (χ2v) is 8.45. The summed E-state index contributed by atoms with van der Waals surface area (Å²) < 4.78 is 35.6. The molecule has 1 aromatic heterocycles. The lowest BCUT2D eigenvalue weighted by atomic mass is 9.99. The van der Waals surface area contributed by atoms with Crippen LogP contribution in [0.1, 0.15) is 6.42 Å². The molecule has 2 aliphatic heterocycles. The first kappa shape index (κ1) is 17.0. The van der Waals surface area contributed by atoms with Gasteiger partial charge in [-0.1, -0.05) is 30.3 Å². The first-order valence-electron chi connectivity index (χ1n) is 9.07. The van der Waals surface area contributed by atoms with E-state index in [2.05, 4.69) is 0 Å². The molecule has 0 spiro atoms. The van der Waals surface area contributed by atoms with E-state index in [0.717, 1.165) is 32.9 Å². The Morgan fingerprint density at radius 2 is 1.71 bits per heavy atom. The Balaban J connectivity index is 1.84. The first-order valence-corrected chi connectivity index (χ1v) is 10.6.